The molecule has 13 heavy (non-hydrogen) atoms. The molecule has 1 rings (SSSR count). The third kappa shape index (κ3) is 2.31. The molecule has 1 aliphatic heterocycles. The van der Waals surface area contributed by atoms with E-state index in [9.17, 15) is 9.59 Å². The van der Waals surface area contributed by atoms with Gasteiger partial charge in [0.1, 0.15) is 5.60 Å². The van der Waals surface area contributed by atoms with Crippen molar-refractivity contribution in [1.29, 1.82) is 0 Å². The zero-order valence-electron chi connectivity index (χ0n) is 7.92. The molecule has 0 radical (unpaired) electrons. The van der Waals surface area contributed by atoms with Crippen LogP contribution in [0.4, 0.5) is 0 Å². The first-order valence-electron chi connectivity index (χ1n) is 3.96. The molecule has 0 aromatic rings. The van der Waals surface area contributed by atoms with Crippen molar-refractivity contribution in [2.24, 2.45) is 0 Å². The van der Waals surface area contributed by atoms with Crippen molar-refractivity contribution in [3.8, 4) is 0 Å². The Kier molecular flexibility index (Phi) is 2.40. The predicted octanol–water partition coefficient (Wildman–Crippen LogP) is 0.811. The first kappa shape index (κ1) is 9.77. The van der Waals surface area contributed by atoms with Crippen LogP contribution in [-0.2, 0) is 19.1 Å². The quantitative estimate of drug-likeness (QED) is 0.566. The average Bonchev–Trinajstić information content (AvgIpc) is 1.99. The second-order valence-electron chi connectivity index (χ2n) is 3.51. The lowest BCUT2D eigenvalue weighted by atomic mass is 9.98. The highest BCUT2D eigenvalue weighted by molar-refractivity contribution is 5.99. The summed E-state index contributed by atoms with van der Waals surface area (Å²) in [5.41, 5.74) is -0.616. The third-order valence-corrected chi connectivity index (χ3v) is 1.66. The van der Waals surface area contributed by atoms with Gasteiger partial charge in [0, 0.05) is 12.5 Å². The second kappa shape index (κ2) is 3.20. The molecule has 0 saturated heterocycles. The number of hydrogen-bond donors (Lipinski definition) is 0. The summed E-state index contributed by atoms with van der Waals surface area (Å²) < 4.78 is 9.71. The number of carbonyl (C=O) groups is 2. The highest BCUT2D eigenvalue weighted by Crippen LogP contribution is 2.24. The van der Waals surface area contributed by atoms with Crippen LogP contribution in [0.3, 0.4) is 0 Å². The molecule has 0 aromatic carbocycles. The van der Waals surface area contributed by atoms with Crippen molar-refractivity contribution >= 4 is 11.8 Å². The minimum Gasteiger partial charge on any atom is -0.480 e. The molecule has 4 nitrogen and oxygen atoms in total. The van der Waals surface area contributed by atoms with Crippen molar-refractivity contribution in [2.45, 2.75) is 25.9 Å². The lowest BCUT2D eigenvalue weighted by molar-refractivity contribution is -0.146. The van der Waals surface area contributed by atoms with E-state index in [4.69, 9.17) is 4.74 Å². The van der Waals surface area contributed by atoms with Gasteiger partial charge in [0.15, 0.2) is 5.78 Å². The first-order valence-corrected chi connectivity index (χ1v) is 3.96. The lowest BCUT2D eigenvalue weighted by Gasteiger charge is -2.29. The van der Waals surface area contributed by atoms with Crippen LogP contribution in [0.25, 0.3) is 0 Å². The Bertz CT molecular complexity index is 275. The number of allylic oxidation sites excluding steroid dienone is 1. The SMILES string of the molecule is COC(=O)C1=CC(=O)CC(C)(C)O1. The van der Waals surface area contributed by atoms with Crippen LogP contribution in [0.2, 0.25) is 0 Å². The third-order valence-electron chi connectivity index (χ3n) is 1.66. The Morgan fingerprint density at radius 2 is 2.23 bits per heavy atom. The topological polar surface area (TPSA) is 52.6 Å². The Hall–Kier alpha value is -1.32. The largest absolute Gasteiger partial charge is 0.480 e. The predicted molar refractivity (Wildman–Crippen MR) is 44.9 cm³/mol. The fourth-order valence-electron chi connectivity index (χ4n) is 1.18. The van der Waals surface area contributed by atoms with Gasteiger partial charge >= 0.3 is 5.97 Å². The molecule has 4 heteroatoms. The molecule has 0 spiro atoms. The van der Waals surface area contributed by atoms with Gasteiger partial charge < -0.3 is 9.47 Å². The number of carbonyl (C=O) groups excluding carboxylic acids is 2. The minimum atomic E-state index is -0.616. The Morgan fingerprint density at radius 1 is 1.62 bits per heavy atom. The summed E-state index contributed by atoms with van der Waals surface area (Å²) in [6.07, 6.45) is 1.46. The van der Waals surface area contributed by atoms with Crippen LogP contribution >= 0.6 is 0 Å². The summed E-state index contributed by atoms with van der Waals surface area (Å²) in [5, 5.41) is 0. The Morgan fingerprint density at radius 3 is 2.69 bits per heavy atom. The van der Waals surface area contributed by atoms with Crippen molar-refractivity contribution in [1.82, 2.24) is 0 Å². The van der Waals surface area contributed by atoms with Gasteiger partial charge in [-0.15, -0.1) is 0 Å². The van der Waals surface area contributed by atoms with Crippen LogP contribution in [0, 0.1) is 0 Å². The zero-order chi connectivity index (χ0) is 10.1. The smallest absolute Gasteiger partial charge is 0.373 e. The molecule has 0 atom stereocenters. The second-order valence-corrected chi connectivity index (χ2v) is 3.51. The molecule has 0 unspecified atom stereocenters. The van der Waals surface area contributed by atoms with Gasteiger partial charge in [-0.25, -0.2) is 4.79 Å². The number of methoxy groups -OCH3 is 1. The number of ether oxygens (including phenoxy) is 2. The summed E-state index contributed by atoms with van der Waals surface area (Å²) in [5.74, 6) is -0.735. The number of rotatable bonds is 1. The highest BCUT2D eigenvalue weighted by atomic mass is 16.6. The van der Waals surface area contributed by atoms with Gasteiger partial charge in [-0.05, 0) is 13.8 Å². The molecule has 0 amide bonds. The van der Waals surface area contributed by atoms with E-state index in [0.29, 0.717) is 0 Å². The summed E-state index contributed by atoms with van der Waals surface area (Å²) in [7, 11) is 1.25. The van der Waals surface area contributed by atoms with E-state index in [0.717, 1.165) is 0 Å². The molecular weight excluding hydrogens is 172 g/mol. The van der Waals surface area contributed by atoms with E-state index in [1.54, 1.807) is 13.8 Å². The van der Waals surface area contributed by atoms with E-state index in [1.165, 1.54) is 13.2 Å². The molecule has 0 bridgehead atoms. The summed E-state index contributed by atoms with van der Waals surface area (Å²) in [4.78, 5) is 22.2. The van der Waals surface area contributed by atoms with Crippen LogP contribution in [0.15, 0.2) is 11.8 Å². The van der Waals surface area contributed by atoms with E-state index in [2.05, 4.69) is 4.74 Å². The summed E-state index contributed by atoms with van der Waals surface area (Å²) in [6, 6.07) is 0. The molecule has 72 valence electrons. The van der Waals surface area contributed by atoms with Crippen LogP contribution in [0.1, 0.15) is 20.3 Å². The van der Waals surface area contributed by atoms with Crippen molar-refractivity contribution in [3.63, 3.8) is 0 Å². The van der Waals surface area contributed by atoms with E-state index < -0.39 is 11.6 Å². The van der Waals surface area contributed by atoms with Crippen molar-refractivity contribution in [2.75, 3.05) is 7.11 Å². The van der Waals surface area contributed by atoms with E-state index in [-0.39, 0.29) is 18.0 Å². The van der Waals surface area contributed by atoms with Crippen LogP contribution < -0.4 is 0 Å². The maximum Gasteiger partial charge on any atom is 0.373 e. The molecule has 0 aliphatic carbocycles. The molecule has 0 N–H and O–H groups in total. The lowest BCUT2D eigenvalue weighted by Crippen LogP contribution is -2.33. The van der Waals surface area contributed by atoms with E-state index >= 15 is 0 Å². The van der Waals surface area contributed by atoms with E-state index in [1.807, 2.05) is 0 Å². The zero-order valence-corrected chi connectivity index (χ0v) is 7.92. The Labute approximate surface area is 76.5 Å². The maximum atomic E-state index is 11.1. The van der Waals surface area contributed by atoms with Gasteiger partial charge in [0.25, 0.3) is 0 Å². The van der Waals surface area contributed by atoms with Gasteiger partial charge in [0.05, 0.1) is 7.11 Å². The van der Waals surface area contributed by atoms with Crippen molar-refractivity contribution < 1.29 is 19.1 Å². The number of esters is 1. The summed E-state index contributed by atoms with van der Waals surface area (Å²) in [6.45, 7) is 3.50. The fraction of sp³-hybridized carbons (Fsp3) is 0.556. The molecule has 0 saturated carbocycles. The van der Waals surface area contributed by atoms with Crippen LogP contribution in [0.5, 0.6) is 0 Å². The van der Waals surface area contributed by atoms with Crippen LogP contribution in [-0.4, -0.2) is 24.5 Å². The normalized spacial score (nSPS) is 20.2. The highest BCUT2D eigenvalue weighted by Gasteiger charge is 2.32. The van der Waals surface area contributed by atoms with Gasteiger partial charge in [-0.3, -0.25) is 4.79 Å². The Balaban J connectivity index is 2.87. The first-order chi connectivity index (χ1) is 5.94. The fourth-order valence-corrected chi connectivity index (χ4v) is 1.18. The average molecular weight is 184 g/mol. The van der Waals surface area contributed by atoms with Crippen molar-refractivity contribution in [3.05, 3.63) is 11.8 Å². The molecule has 1 aliphatic rings. The number of ketones is 1. The minimum absolute atomic E-state index is 0.0104. The molecule has 0 fully saturated rings. The molecular formula is C9H12O4. The molecule has 1 heterocycles. The summed E-state index contributed by atoms with van der Waals surface area (Å²) >= 11 is 0. The molecule has 0 aromatic heterocycles. The standard InChI is InChI=1S/C9H12O4/c1-9(2)5-6(10)4-7(13-9)8(11)12-3/h4H,5H2,1-3H3. The number of hydrogen-bond acceptors (Lipinski definition) is 4. The van der Waals surface area contributed by atoms with Gasteiger partial charge in [-0.2, -0.15) is 0 Å². The van der Waals surface area contributed by atoms with Gasteiger partial charge in [-0.1, -0.05) is 0 Å². The monoisotopic (exact) mass is 184 g/mol. The van der Waals surface area contributed by atoms with Gasteiger partial charge in [0.2, 0.25) is 5.76 Å². The maximum absolute atomic E-state index is 11.1.